The number of carbonyl (C=O) groups is 1. The number of rotatable bonds is 7. The number of anilines is 3. The number of esters is 1. The Morgan fingerprint density at radius 1 is 1.18 bits per heavy atom. The van der Waals surface area contributed by atoms with Crippen molar-refractivity contribution in [3.63, 3.8) is 0 Å². The van der Waals surface area contributed by atoms with Gasteiger partial charge in [-0.05, 0) is 43.7 Å². The summed E-state index contributed by atoms with van der Waals surface area (Å²) in [4.78, 5) is 18.8. The summed E-state index contributed by atoms with van der Waals surface area (Å²) in [5, 5.41) is 4.76. The number of aromatic nitrogens is 1. The summed E-state index contributed by atoms with van der Waals surface area (Å²) < 4.78 is 5.02. The van der Waals surface area contributed by atoms with Gasteiger partial charge >= 0.3 is 5.97 Å². The van der Waals surface area contributed by atoms with Gasteiger partial charge < -0.3 is 9.64 Å². The molecular weight excluding hydrogens is 372 g/mol. The summed E-state index contributed by atoms with van der Waals surface area (Å²) >= 11 is 1.23. The topological polar surface area (TPSA) is 66.8 Å². The quantitative estimate of drug-likeness (QED) is 0.353. The molecule has 0 aliphatic carbocycles. The fourth-order valence-corrected chi connectivity index (χ4v) is 3.39. The van der Waals surface area contributed by atoms with E-state index >= 15 is 0 Å². The van der Waals surface area contributed by atoms with E-state index in [4.69, 9.17) is 4.74 Å². The van der Waals surface area contributed by atoms with Crippen LogP contribution < -0.4 is 10.3 Å². The molecule has 0 bridgehead atoms. The number of thiazole rings is 1. The zero-order chi connectivity index (χ0) is 19.9. The third-order valence-electron chi connectivity index (χ3n) is 4.06. The maximum atomic E-state index is 11.8. The van der Waals surface area contributed by atoms with Crippen LogP contribution in [-0.2, 0) is 4.74 Å². The summed E-state index contributed by atoms with van der Waals surface area (Å²) in [7, 11) is 2.03. The molecule has 0 saturated carbocycles. The first kappa shape index (κ1) is 19.6. The standard InChI is InChI=1S/C21H22N4O2S/c1-4-27-20(26)19-15(2)23-21(28-19)24-22-14-16-10-12-18(13-11-16)25(3)17-8-6-5-7-9-17/h5-14H,4H2,1-3H3,(H,23,24)/b22-14-. The Kier molecular flexibility index (Phi) is 6.39. The normalized spacial score (nSPS) is 10.8. The van der Waals surface area contributed by atoms with E-state index in [-0.39, 0.29) is 5.97 Å². The number of benzene rings is 2. The number of hydrazone groups is 1. The smallest absolute Gasteiger partial charge is 0.350 e. The molecule has 28 heavy (non-hydrogen) atoms. The molecule has 0 aliphatic rings. The highest BCUT2D eigenvalue weighted by atomic mass is 32.1. The number of hydrogen-bond acceptors (Lipinski definition) is 7. The van der Waals surface area contributed by atoms with Crippen molar-refractivity contribution in [3.8, 4) is 0 Å². The highest BCUT2D eigenvalue weighted by Gasteiger charge is 2.15. The molecule has 0 radical (unpaired) electrons. The molecule has 0 fully saturated rings. The first-order valence-electron chi connectivity index (χ1n) is 8.91. The first-order valence-corrected chi connectivity index (χ1v) is 9.72. The Morgan fingerprint density at radius 3 is 2.54 bits per heavy atom. The minimum Gasteiger partial charge on any atom is -0.462 e. The first-order chi connectivity index (χ1) is 13.6. The van der Waals surface area contributed by atoms with Crippen molar-refractivity contribution in [1.82, 2.24) is 4.98 Å². The fourth-order valence-electron chi connectivity index (χ4n) is 2.58. The van der Waals surface area contributed by atoms with Crippen LogP contribution in [0.3, 0.4) is 0 Å². The van der Waals surface area contributed by atoms with E-state index in [0.717, 1.165) is 16.9 Å². The van der Waals surface area contributed by atoms with Gasteiger partial charge in [0.25, 0.3) is 0 Å². The van der Waals surface area contributed by atoms with Gasteiger partial charge in [-0.25, -0.2) is 9.78 Å². The molecule has 2 aromatic carbocycles. The van der Waals surface area contributed by atoms with Crippen LogP contribution in [0.4, 0.5) is 16.5 Å². The second-order valence-electron chi connectivity index (χ2n) is 6.01. The summed E-state index contributed by atoms with van der Waals surface area (Å²) in [6.45, 7) is 3.90. The lowest BCUT2D eigenvalue weighted by Crippen LogP contribution is -2.08. The fraction of sp³-hybridized carbons (Fsp3) is 0.190. The van der Waals surface area contributed by atoms with Crippen molar-refractivity contribution in [2.24, 2.45) is 5.10 Å². The van der Waals surface area contributed by atoms with Crippen LogP contribution >= 0.6 is 11.3 Å². The van der Waals surface area contributed by atoms with Gasteiger partial charge in [-0.3, -0.25) is 5.43 Å². The van der Waals surface area contributed by atoms with Crippen molar-refractivity contribution >= 4 is 40.0 Å². The second kappa shape index (κ2) is 9.14. The minimum absolute atomic E-state index is 0.340. The third kappa shape index (κ3) is 4.75. The third-order valence-corrected chi connectivity index (χ3v) is 5.10. The molecule has 0 aliphatic heterocycles. The Balaban J connectivity index is 1.62. The molecule has 0 amide bonds. The molecule has 0 unspecified atom stereocenters. The second-order valence-corrected chi connectivity index (χ2v) is 7.01. The van der Waals surface area contributed by atoms with E-state index in [1.54, 1.807) is 20.1 Å². The van der Waals surface area contributed by atoms with Gasteiger partial charge in [-0.15, -0.1) is 0 Å². The molecule has 3 rings (SSSR count). The average molecular weight is 395 g/mol. The molecule has 0 atom stereocenters. The molecule has 1 N–H and O–H groups in total. The van der Waals surface area contributed by atoms with Gasteiger partial charge in [-0.2, -0.15) is 5.10 Å². The van der Waals surface area contributed by atoms with Crippen LogP contribution in [0.2, 0.25) is 0 Å². The van der Waals surface area contributed by atoms with Crippen molar-refractivity contribution in [2.45, 2.75) is 13.8 Å². The molecule has 1 heterocycles. The maximum absolute atomic E-state index is 11.8. The Hall–Kier alpha value is -3.19. The molecule has 7 heteroatoms. The van der Waals surface area contributed by atoms with Crippen molar-refractivity contribution in [3.05, 3.63) is 70.7 Å². The number of nitrogens with one attached hydrogen (secondary N) is 1. The van der Waals surface area contributed by atoms with Crippen molar-refractivity contribution in [1.29, 1.82) is 0 Å². The molecule has 0 saturated heterocycles. The number of ether oxygens (including phenoxy) is 1. The van der Waals surface area contributed by atoms with Crippen LogP contribution in [0, 0.1) is 6.92 Å². The van der Waals surface area contributed by atoms with Crippen LogP contribution in [0.1, 0.15) is 27.9 Å². The zero-order valence-corrected chi connectivity index (χ0v) is 16.9. The van der Waals surface area contributed by atoms with Gasteiger partial charge in [0.15, 0.2) is 0 Å². The molecule has 0 spiro atoms. The lowest BCUT2D eigenvalue weighted by atomic mass is 10.2. The lowest BCUT2D eigenvalue weighted by Gasteiger charge is -2.19. The Morgan fingerprint density at radius 2 is 1.86 bits per heavy atom. The van der Waals surface area contributed by atoms with Crippen molar-refractivity contribution in [2.75, 3.05) is 24.0 Å². The molecule has 3 aromatic rings. The van der Waals surface area contributed by atoms with Gasteiger partial charge in [0.2, 0.25) is 5.13 Å². The highest BCUT2D eigenvalue weighted by molar-refractivity contribution is 7.17. The van der Waals surface area contributed by atoms with E-state index in [1.807, 2.05) is 49.5 Å². The predicted molar refractivity (Wildman–Crippen MR) is 115 cm³/mol. The van der Waals surface area contributed by atoms with Crippen LogP contribution in [0.15, 0.2) is 59.7 Å². The largest absolute Gasteiger partial charge is 0.462 e. The van der Waals surface area contributed by atoms with Crippen LogP contribution in [0.25, 0.3) is 0 Å². The lowest BCUT2D eigenvalue weighted by molar-refractivity contribution is 0.0531. The highest BCUT2D eigenvalue weighted by Crippen LogP contribution is 2.24. The minimum atomic E-state index is -0.354. The van der Waals surface area contributed by atoms with E-state index in [2.05, 4.69) is 32.5 Å². The van der Waals surface area contributed by atoms with E-state index < -0.39 is 0 Å². The van der Waals surface area contributed by atoms with Crippen molar-refractivity contribution < 1.29 is 9.53 Å². The monoisotopic (exact) mass is 394 g/mol. The number of para-hydroxylation sites is 1. The number of nitrogens with zero attached hydrogens (tertiary/aromatic N) is 3. The summed E-state index contributed by atoms with van der Waals surface area (Å²) in [6.07, 6.45) is 1.72. The predicted octanol–water partition coefficient (Wildman–Crippen LogP) is 4.84. The van der Waals surface area contributed by atoms with E-state index in [9.17, 15) is 4.79 Å². The molecule has 144 valence electrons. The zero-order valence-electron chi connectivity index (χ0n) is 16.0. The van der Waals surface area contributed by atoms with Crippen LogP contribution in [-0.4, -0.2) is 30.8 Å². The van der Waals surface area contributed by atoms with E-state index in [0.29, 0.717) is 22.3 Å². The maximum Gasteiger partial charge on any atom is 0.350 e. The summed E-state index contributed by atoms with van der Waals surface area (Å²) in [5.41, 5.74) is 6.68. The number of hydrogen-bond donors (Lipinski definition) is 1. The van der Waals surface area contributed by atoms with Gasteiger partial charge in [0.1, 0.15) is 4.88 Å². The van der Waals surface area contributed by atoms with Gasteiger partial charge in [0.05, 0.1) is 18.5 Å². The molecular formula is C21H22N4O2S. The van der Waals surface area contributed by atoms with Crippen LogP contribution in [0.5, 0.6) is 0 Å². The van der Waals surface area contributed by atoms with E-state index in [1.165, 1.54) is 11.3 Å². The number of aryl methyl sites for hydroxylation is 1. The number of carbonyl (C=O) groups excluding carboxylic acids is 1. The Labute approximate surface area is 168 Å². The van der Waals surface area contributed by atoms with Gasteiger partial charge in [-0.1, -0.05) is 41.7 Å². The summed E-state index contributed by atoms with van der Waals surface area (Å²) in [5.74, 6) is -0.354. The average Bonchev–Trinajstić information content (AvgIpc) is 3.09. The van der Waals surface area contributed by atoms with Gasteiger partial charge in [0, 0.05) is 18.4 Å². The Bertz CT molecular complexity index is 952. The SMILES string of the molecule is CCOC(=O)c1sc(N/N=C\c2ccc(N(C)c3ccccc3)cc2)nc1C. The molecule has 1 aromatic heterocycles. The summed E-state index contributed by atoms with van der Waals surface area (Å²) in [6, 6.07) is 18.3. The molecule has 6 nitrogen and oxygen atoms in total.